The quantitative estimate of drug-likeness (QED) is 0.637. The third kappa shape index (κ3) is 4.50. The van der Waals surface area contributed by atoms with Crippen molar-refractivity contribution in [1.82, 2.24) is 14.9 Å². The number of benzene rings is 2. The van der Waals surface area contributed by atoms with E-state index >= 15 is 0 Å². The average Bonchev–Trinajstić information content (AvgIpc) is 3.15. The van der Waals surface area contributed by atoms with Crippen molar-refractivity contribution < 1.29 is 9.53 Å². The number of fused-ring (bicyclic) bond motifs is 1. The summed E-state index contributed by atoms with van der Waals surface area (Å²) in [5.41, 5.74) is 3.21. The highest BCUT2D eigenvalue weighted by atomic mass is 32.2. The molecule has 2 aromatic carbocycles. The lowest BCUT2D eigenvalue weighted by Crippen LogP contribution is -2.39. The first-order valence-electron chi connectivity index (χ1n) is 9.69. The molecular formula is C22H25N3O2S. The van der Waals surface area contributed by atoms with Gasteiger partial charge in [-0.3, -0.25) is 4.79 Å². The number of ether oxygens (including phenoxy) is 1. The van der Waals surface area contributed by atoms with Gasteiger partial charge in [-0.2, -0.15) is 0 Å². The van der Waals surface area contributed by atoms with Crippen molar-refractivity contribution >= 4 is 28.7 Å². The van der Waals surface area contributed by atoms with Gasteiger partial charge in [-0.05, 0) is 42.9 Å². The summed E-state index contributed by atoms with van der Waals surface area (Å²) in [4.78, 5) is 22.4. The summed E-state index contributed by atoms with van der Waals surface area (Å²) in [6.07, 6.45) is 3.27. The number of hydrogen-bond acceptors (Lipinski definition) is 4. The molecule has 5 nitrogen and oxygen atoms in total. The fourth-order valence-corrected chi connectivity index (χ4v) is 4.50. The van der Waals surface area contributed by atoms with E-state index in [1.165, 1.54) is 17.3 Å². The van der Waals surface area contributed by atoms with Crippen molar-refractivity contribution in [2.75, 3.05) is 26.0 Å². The van der Waals surface area contributed by atoms with E-state index in [2.05, 4.69) is 40.3 Å². The van der Waals surface area contributed by atoms with Crippen LogP contribution in [-0.2, 0) is 11.2 Å². The maximum atomic E-state index is 12.6. The summed E-state index contributed by atoms with van der Waals surface area (Å²) in [5, 5.41) is 0.774. The molecule has 1 amide bonds. The highest BCUT2D eigenvalue weighted by Gasteiger charge is 2.23. The monoisotopic (exact) mass is 395 g/mol. The Kier molecular flexibility index (Phi) is 5.86. The fourth-order valence-electron chi connectivity index (χ4n) is 3.72. The molecule has 4 rings (SSSR count). The van der Waals surface area contributed by atoms with Gasteiger partial charge < -0.3 is 14.6 Å². The number of methoxy groups -OCH3 is 1. The van der Waals surface area contributed by atoms with Crippen LogP contribution < -0.4 is 4.74 Å². The Hall–Kier alpha value is -2.47. The minimum Gasteiger partial charge on any atom is -0.497 e. The summed E-state index contributed by atoms with van der Waals surface area (Å²) in [5.74, 6) is 2.08. The van der Waals surface area contributed by atoms with Crippen LogP contribution in [0.3, 0.4) is 0 Å². The summed E-state index contributed by atoms with van der Waals surface area (Å²) < 4.78 is 5.24. The summed E-state index contributed by atoms with van der Waals surface area (Å²) >= 11 is 1.47. The van der Waals surface area contributed by atoms with Crippen molar-refractivity contribution in [3.63, 3.8) is 0 Å². The van der Waals surface area contributed by atoms with Crippen LogP contribution in [-0.4, -0.2) is 46.7 Å². The number of nitrogens with one attached hydrogen (secondary N) is 1. The molecule has 0 atom stereocenters. The number of imidazole rings is 1. The summed E-state index contributed by atoms with van der Waals surface area (Å²) in [6, 6.07) is 16.4. The maximum absolute atomic E-state index is 12.6. The van der Waals surface area contributed by atoms with Gasteiger partial charge >= 0.3 is 0 Å². The summed E-state index contributed by atoms with van der Waals surface area (Å²) in [7, 11) is 1.65. The molecule has 0 radical (unpaired) electrons. The lowest BCUT2D eigenvalue weighted by molar-refractivity contribution is -0.129. The average molecular weight is 396 g/mol. The number of amides is 1. The Morgan fingerprint density at radius 2 is 2.00 bits per heavy atom. The Bertz CT molecular complexity index is 933. The first-order chi connectivity index (χ1) is 13.7. The second kappa shape index (κ2) is 8.69. The number of aromatic amines is 1. The number of piperidine rings is 1. The van der Waals surface area contributed by atoms with E-state index in [1.54, 1.807) is 7.11 Å². The fraction of sp³-hybridized carbons (Fsp3) is 0.364. The molecule has 1 aromatic heterocycles. The predicted molar refractivity (Wildman–Crippen MR) is 113 cm³/mol. The lowest BCUT2D eigenvalue weighted by Gasteiger charge is -2.32. The zero-order chi connectivity index (χ0) is 19.3. The van der Waals surface area contributed by atoms with Crippen LogP contribution in [0, 0.1) is 5.92 Å². The molecule has 146 valence electrons. The molecule has 0 spiro atoms. The second-order valence-corrected chi connectivity index (χ2v) is 8.19. The molecule has 3 aromatic rings. The van der Waals surface area contributed by atoms with Crippen LogP contribution in [0.15, 0.2) is 53.7 Å². The molecule has 28 heavy (non-hydrogen) atoms. The number of nitrogens with zero attached hydrogens (tertiary/aromatic N) is 2. The molecule has 0 unspecified atom stereocenters. The predicted octanol–water partition coefficient (Wildman–Crippen LogP) is 4.14. The SMILES string of the molecule is COc1ccc2nc(SCC(=O)N3CCC(Cc4ccccc4)CC3)[nH]c2c1. The third-order valence-corrected chi connectivity index (χ3v) is 6.19. The minimum absolute atomic E-state index is 0.196. The third-order valence-electron chi connectivity index (χ3n) is 5.33. The Morgan fingerprint density at radius 3 is 2.75 bits per heavy atom. The molecule has 1 aliphatic rings. The van der Waals surface area contributed by atoms with Gasteiger partial charge in [-0.25, -0.2) is 4.98 Å². The first kappa shape index (κ1) is 18.9. The number of aromatic nitrogens is 2. The van der Waals surface area contributed by atoms with Crippen LogP contribution >= 0.6 is 11.8 Å². The Labute approximate surface area is 169 Å². The highest BCUT2D eigenvalue weighted by molar-refractivity contribution is 7.99. The van der Waals surface area contributed by atoms with E-state index in [4.69, 9.17) is 4.74 Å². The van der Waals surface area contributed by atoms with Crippen molar-refractivity contribution in [2.24, 2.45) is 5.92 Å². The highest BCUT2D eigenvalue weighted by Crippen LogP contribution is 2.25. The van der Waals surface area contributed by atoms with Gasteiger partial charge in [0.05, 0.1) is 23.9 Å². The number of H-pyrrole nitrogens is 1. The molecule has 0 aliphatic carbocycles. The van der Waals surface area contributed by atoms with E-state index in [9.17, 15) is 4.79 Å². The van der Waals surface area contributed by atoms with Gasteiger partial charge in [-0.15, -0.1) is 0 Å². The minimum atomic E-state index is 0.196. The van der Waals surface area contributed by atoms with Gasteiger partial charge in [0, 0.05) is 19.2 Å². The van der Waals surface area contributed by atoms with Gasteiger partial charge in [0.2, 0.25) is 5.91 Å². The maximum Gasteiger partial charge on any atom is 0.233 e. The zero-order valence-electron chi connectivity index (χ0n) is 16.1. The van der Waals surface area contributed by atoms with Crippen LogP contribution in [0.1, 0.15) is 18.4 Å². The first-order valence-corrected chi connectivity index (χ1v) is 10.7. The molecule has 1 fully saturated rings. The zero-order valence-corrected chi connectivity index (χ0v) is 16.9. The summed E-state index contributed by atoms with van der Waals surface area (Å²) in [6.45, 7) is 1.71. The topological polar surface area (TPSA) is 58.2 Å². The van der Waals surface area contributed by atoms with E-state index in [1.807, 2.05) is 23.1 Å². The Balaban J connectivity index is 1.26. The molecule has 0 saturated carbocycles. The molecule has 1 aliphatic heterocycles. The van der Waals surface area contributed by atoms with Gasteiger partial charge in [0.15, 0.2) is 5.16 Å². The number of carbonyl (C=O) groups is 1. The van der Waals surface area contributed by atoms with Crippen LogP contribution in [0.5, 0.6) is 5.75 Å². The van der Waals surface area contributed by atoms with Crippen LogP contribution in [0.2, 0.25) is 0 Å². The Morgan fingerprint density at radius 1 is 1.21 bits per heavy atom. The molecule has 1 saturated heterocycles. The van der Waals surface area contributed by atoms with E-state index < -0.39 is 0 Å². The van der Waals surface area contributed by atoms with Crippen molar-refractivity contribution in [3.05, 3.63) is 54.1 Å². The second-order valence-electron chi connectivity index (χ2n) is 7.23. The van der Waals surface area contributed by atoms with Gasteiger partial charge in [0.25, 0.3) is 0 Å². The molecule has 6 heteroatoms. The molecule has 2 heterocycles. The van der Waals surface area contributed by atoms with Gasteiger partial charge in [-0.1, -0.05) is 42.1 Å². The smallest absolute Gasteiger partial charge is 0.233 e. The number of likely N-dealkylation sites (tertiary alicyclic amines) is 1. The molecular weight excluding hydrogens is 370 g/mol. The lowest BCUT2D eigenvalue weighted by atomic mass is 9.90. The number of hydrogen-bond donors (Lipinski definition) is 1. The van der Waals surface area contributed by atoms with Crippen molar-refractivity contribution in [1.29, 1.82) is 0 Å². The van der Waals surface area contributed by atoms with E-state index in [-0.39, 0.29) is 5.91 Å². The number of carbonyl (C=O) groups excluding carboxylic acids is 1. The largest absolute Gasteiger partial charge is 0.497 e. The van der Waals surface area contributed by atoms with Gasteiger partial charge in [0.1, 0.15) is 5.75 Å². The van der Waals surface area contributed by atoms with Crippen LogP contribution in [0.4, 0.5) is 0 Å². The van der Waals surface area contributed by atoms with Crippen molar-refractivity contribution in [3.8, 4) is 5.75 Å². The van der Waals surface area contributed by atoms with Crippen LogP contribution in [0.25, 0.3) is 11.0 Å². The standard InChI is InChI=1S/C22H25N3O2S/c1-27-18-7-8-19-20(14-18)24-22(23-19)28-15-21(26)25-11-9-17(10-12-25)13-16-5-3-2-4-6-16/h2-8,14,17H,9-13,15H2,1H3,(H,23,24). The normalized spacial score (nSPS) is 15.1. The van der Waals surface area contributed by atoms with Crippen molar-refractivity contribution in [2.45, 2.75) is 24.4 Å². The number of thioether (sulfide) groups is 1. The number of rotatable bonds is 6. The molecule has 0 bridgehead atoms. The molecule has 1 N–H and O–H groups in total. The van der Waals surface area contributed by atoms with E-state index in [0.717, 1.165) is 54.3 Å². The van der Waals surface area contributed by atoms with E-state index in [0.29, 0.717) is 11.7 Å².